The van der Waals surface area contributed by atoms with Crippen molar-refractivity contribution in [3.63, 3.8) is 0 Å². The van der Waals surface area contributed by atoms with Crippen LogP contribution < -0.4 is 5.43 Å². The third-order valence-electron chi connectivity index (χ3n) is 4.52. The molecule has 0 fully saturated rings. The number of nitrogens with zero attached hydrogens (tertiary/aromatic N) is 1. The highest BCUT2D eigenvalue weighted by Crippen LogP contribution is 2.23. The fourth-order valence-electron chi connectivity index (χ4n) is 2.97. The van der Waals surface area contributed by atoms with E-state index in [0.717, 1.165) is 21.9 Å². The molecule has 132 valence electrons. The van der Waals surface area contributed by atoms with E-state index >= 15 is 0 Å². The first-order valence-electron chi connectivity index (χ1n) is 8.78. The van der Waals surface area contributed by atoms with E-state index in [2.05, 4.69) is 43.4 Å². The maximum Gasteiger partial charge on any atom is 0.272 e. The highest BCUT2D eigenvalue weighted by atomic mass is 16.2. The molecular formula is C23H24N2O. The summed E-state index contributed by atoms with van der Waals surface area (Å²) in [5, 5.41) is 6.12. The maximum absolute atomic E-state index is 12.6. The summed E-state index contributed by atoms with van der Waals surface area (Å²) >= 11 is 0. The molecule has 0 aliphatic heterocycles. The number of carbonyl (C=O) groups is 1. The van der Waals surface area contributed by atoms with Crippen molar-refractivity contribution in [2.75, 3.05) is 0 Å². The summed E-state index contributed by atoms with van der Waals surface area (Å²) in [6.45, 7) is 8.49. The molecular weight excluding hydrogens is 320 g/mol. The largest absolute Gasteiger partial charge is 0.272 e. The predicted molar refractivity (Wildman–Crippen MR) is 109 cm³/mol. The van der Waals surface area contributed by atoms with Crippen molar-refractivity contribution in [3.05, 3.63) is 82.9 Å². The lowest BCUT2D eigenvalue weighted by Gasteiger charge is -2.18. The first-order chi connectivity index (χ1) is 12.4. The van der Waals surface area contributed by atoms with Crippen LogP contribution >= 0.6 is 0 Å². The van der Waals surface area contributed by atoms with Crippen LogP contribution in [0, 0.1) is 6.92 Å². The number of nitrogens with one attached hydrogen (secondary N) is 1. The van der Waals surface area contributed by atoms with Gasteiger partial charge in [0, 0.05) is 0 Å². The Bertz CT molecular complexity index is 964. The van der Waals surface area contributed by atoms with Crippen LogP contribution in [0.4, 0.5) is 0 Å². The fraction of sp³-hybridized carbons (Fsp3) is 0.217. The fourth-order valence-corrected chi connectivity index (χ4v) is 2.97. The minimum atomic E-state index is -0.193. The summed E-state index contributed by atoms with van der Waals surface area (Å²) in [6, 6.07) is 20.1. The highest BCUT2D eigenvalue weighted by molar-refractivity contribution is 6.08. The zero-order chi connectivity index (χ0) is 18.7. The molecule has 0 aromatic heterocycles. The molecule has 0 spiro atoms. The number of hydrazone groups is 1. The van der Waals surface area contributed by atoms with Gasteiger partial charge >= 0.3 is 0 Å². The van der Waals surface area contributed by atoms with Crippen molar-refractivity contribution in [2.24, 2.45) is 5.10 Å². The van der Waals surface area contributed by atoms with Crippen molar-refractivity contribution >= 4 is 22.9 Å². The number of hydrogen-bond donors (Lipinski definition) is 1. The molecule has 3 nitrogen and oxygen atoms in total. The van der Waals surface area contributed by atoms with Crippen molar-refractivity contribution in [3.8, 4) is 0 Å². The second-order valence-corrected chi connectivity index (χ2v) is 7.55. The summed E-state index contributed by atoms with van der Waals surface area (Å²) in [4.78, 5) is 12.6. The molecule has 0 bridgehead atoms. The van der Waals surface area contributed by atoms with E-state index in [-0.39, 0.29) is 11.3 Å². The Labute approximate surface area is 154 Å². The summed E-state index contributed by atoms with van der Waals surface area (Å²) in [5.74, 6) is -0.193. The third kappa shape index (κ3) is 3.83. The second-order valence-electron chi connectivity index (χ2n) is 7.55. The van der Waals surface area contributed by atoms with Gasteiger partial charge in [0.25, 0.3) is 5.91 Å². The van der Waals surface area contributed by atoms with Crippen LogP contribution in [0.3, 0.4) is 0 Å². The Morgan fingerprint density at radius 2 is 1.65 bits per heavy atom. The van der Waals surface area contributed by atoms with Gasteiger partial charge in [-0.1, -0.05) is 81.4 Å². The molecule has 0 unspecified atom stereocenters. The number of carbonyl (C=O) groups excluding carboxylic acids is 1. The van der Waals surface area contributed by atoms with Gasteiger partial charge in [-0.15, -0.1) is 0 Å². The molecule has 3 heteroatoms. The first kappa shape index (κ1) is 17.9. The van der Waals surface area contributed by atoms with Gasteiger partial charge in [-0.25, -0.2) is 5.43 Å². The lowest BCUT2D eigenvalue weighted by molar-refractivity contribution is 0.0956. The van der Waals surface area contributed by atoms with E-state index in [0.29, 0.717) is 5.56 Å². The monoisotopic (exact) mass is 344 g/mol. The van der Waals surface area contributed by atoms with Crippen LogP contribution in [-0.2, 0) is 5.41 Å². The topological polar surface area (TPSA) is 41.5 Å². The van der Waals surface area contributed by atoms with Gasteiger partial charge in [-0.2, -0.15) is 5.10 Å². The van der Waals surface area contributed by atoms with Gasteiger partial charge in [-0.3, -0.25) is 4.79 Å². The molecule has 3 rings (SSSR count). The Hall–Kier alpha value is -2.94. The van der Waals surface area contributed by atoms with Crippen LogP contribution in [0.2, 0.25) is 0 Å². The van der Waals surface area contributed by atoms with Gasteiger partial charge < -0.3 is 0 Å². The molecule has 1 amide bonds. The van der Waals surface area contributed by atoms with E-state index < -0.39 is 0 Å². The second kappa shape index (κ2) is 7.12. The molecule has 0 aliphatic rings. The minimum Gasteiger partial charge on any atom is -0.267 e. The quantitative estimate of drug-likeness (QED) is 0.514. The van der Waals surface area contributed by atoms with Crippen molar-refractivity contribution < 1.29 is 4.79 Å². The van der Waals surface area contributed by atoms with Crippen LogP contribution in [0.15, 0.2) is 65.8 Å². The van der Waals surface area contributed by atoms with Gasteiger partial charge in [0.1, 0.15) is 0 Å². The van der Waals surface area contributed by atoms with E-state index in [4.69, 9.17) is 0 Å². The van der Waals surface area contributed by atoms with Crippen LogP contribution in [0.25, 0.3) is 10.8 Å². The molecule has 0 heterocycles. The zero-order valence-corrected chi connectivity index (χ0v) is 15.7. The lowest BCUT2D eigenvalue weighted by Crippen LogP contribution is -2.19. The normalized spacial score (nSPS) is 11.8. The molecule has 3 aromatic carbocycles. The van der Waals surface area contributed by atoms with Crippen LogP contribution in [-0.4, -0.2) is 12.1 Å². The van der Waals surface area contributed by atoms with Gasteiger partial charge in [0.15, 0.2) is 0 Å². The molecule has 1 N–H and O–H groups in total. The Morgan fingerprint density at radius 3 is 2.35 bits per heavy atom. The number of rotatable bonds is 3. The van der Waals surface area contributed by atoms with Crippen LogP contribution in [0.5, 0.6) is 0 Å². The number of hydrogen-bond acceptors (Lipinski definition) is 2. The van der Waals surface area contributed by atoms with Crippen LogP contribution in [0.1, 0.15) is 47.8 Å². The molecule has 26 heavy (non-hydrogen) atoms. The van der Waals surface area contributed by atoms with Crippen molar-refractivity contribution in [2.45, 2.75) is 33.1 Å². The Balaban J connectivity index is 1.77. The standard InChI is InChI=1S/C23H24N2O/c1-16-9-12-18-7-5-6-8-20(18)21(16)22(26)25-24-15-17-10-13-19(14-11-17)23(2,3)4/h5-15H,1-4H3,(H,25,26)/b24-15-. The number of fused-ring (bicyclic) bond motifs is 1. The molecule has 0 atom stereocenters. The molecule has 3 aromatic rings. The highest BCUT2D eigenvalue weighted by Gasteiger charge is 2.13. The number of aryl methyl sites for hydroxylation is 1. The molecule has 0 aliphatic carbocycles. The van der Waals surface area contributed by atoms with E-state index in [1.54, 1.807) is 6.21 Å². The Morgan fingerprint density at radius 1 is 0.962 bits per heavy atom. The minimum absolute atomic E-state index is 0.121. The summed E-state index contributed by atoms with van der Waals surface area (Å²) in [6.07, 6.45) is 1.67. The van der Waals surface area contributed by atoms with Gasteiger partial charge in [0.2, 0.25) is 0 Å². The smallest absolute Gasteiger partial charge is 0.267 e. The van der Waals surface area contributed by atoms with E-state index in [9.17, 15) is 4.79 Å². The van der Waals surface area contributed by atoms with Gasteiger partial charge in [0.05, 0.1) is 11.8 Å². The summed E-state index contributed by atoms with van der Waals surface area (Å²) < 4.78 is 0. The van der Waals surface area contributed by atoms with Crippen molar-refractivity contribution in [1.82, 2.24) is 5.43 Å². The predicted octanol–water partition coefficient (Wildman–Crippen LogP) is 5.21. The molecule has 0 radical (unpaired) electrons. The SMILES string of the molecule is Cc1ccc2ccccc2c1C(=O)N/N=C\c1ccc(C(C)(C)C)cc1. The third-order valence-corrected chi connectivity index (χ3v) is 4.52. The van der Waals surface area contributed by atoms with E-state index in [1.165, 1.54) is 5.56 Å². The molecule has 0 saturated heterocycles. The van der Waals surface area contributed by atoms with E-state index in [1.807, 2.05) is 55.5 Å². The summed E-state index contributed by atoms with van der Waals surface area (Å²) in [7, 11) is 0. The average Bonchev–Trinajstić information content (AvgIpc) is 2.61. The average molecular weight is 344 g/mol. The van der Waals surface area contributed by atoms with Gasteiger partial charge in [-0.05, 0) is 39.8 Å². The van der Waals surface area contributed by atoms with Crippen molar-refractivity contribution in [1.29, 1.82) is 0 Å². The summed E-state index contributed by atoms with van der Waals surface area (Å²) in [5.41, 5.74) is 6.60. The maximum atomic E-state index is 12.6. The zero-order valence-electron chi connectivity index (χ0n) is 15.7. The first-order valence-corrected chi connectivity index (χ1v) is 8.78. The number of amides is 1. The number of benzene rings is 3. The Kier molecular flexibility index (Phi) is 4.90. The lowest BCUT2D eigenvalue weighted by atomic mass is 9.87. The molecule has 0 saturated carbocycles.